The normalized spacial score (nSPS) is 20.6. The van der Waals surface area contributed by atoms with Crippen LogP contribution in [0, 0.1) is 11.8 Å². The van der Waals surface area contributed by atoms with Crippen molar-refractivity contribution in [2.45, 2.75) is 56.3 Å². The van der Waals surface area contributed by atoms with Gasteiger partial charge in [0.15, 0.2) is 0 Å². The number of aromatic nitrogens is 1. The zero-order valence-electron chi connectivity index (χ0n) is 19.3. The van der Waals surface area contributed by atoms with Crippen LogP contribution in [0.4, 0.5) is 5.69 Å². The summed E-state index contributed by atoms with van der Waals surface area (Å²) in [6.07, 6.45) is 7.44. The molecule has 1 fully saturated rings. The average Bonchev–Trinajstić information content (AvgIpc) is 3.03. The van der Waals surface area contributed by atoms with Crippen LogP contribution in [0.1, 0.15) is 49.8 Å². The minimum absolute atomic E-state index is 0.0172. The molecule has 0 radical (unpaired) electrons. The highest BCUT2D eigenvalue weighted by molar-refractivity contribution is 7.89. The number of carbonyl (C=O) groups excluding carboxylic acids is 2. The number of aryl methyl sites for hydroxylation is 1. The number of nitrogens with zero attached hydrogens (tertiary/aromatic N) is 1. The zero-order chi connectivity index (χ0) is 24.0. The summed E-state index contributed by atoms with van der Waals surface area (Å²) in [5.74, 6) is 0.237. The second-order valence-corrected chi connectivity index (χ2v) is 10.9. The monoisotopic (exact) mass is 484 g/mol. The number of amides is 2. The Morgan fingerprint density at radius 2 is 1.91 bits per heavy atom. The van der Waals surface area contributed by atoms with Crippen molar-refractivity contribution in [2.24, 2.45) is 11.8 Å². The molecule has 182 valence electrons. The Labute approximate surface area is 201 Å². The third-order valence-electron chi connectivity index (χ3n) is 6.70. The minimum atomic E-state index is -3.63. The summed E-state index contributed by atoms with van der Waals surface area (Å²) in [6, 6.07) is 10.6. The van der Waals surface area contributed by atoms with Gasteiger partial charge in [-0.05, 0) is 80.3 Å². The van der Waals surface area contributed by atoms with Gasteiger partial charge >= 0.3 is 0 Å². The van der Waals surface area contributed by atoms with Gasteiger partial charge in [-0.2, -0.15) is 0 Å². The van der Waals surface area contributed by atoms with E-state index in [9.17, 15) is 18.0 Å². The van der Waals surface area contributed by atoms with Crippen molar-refractivity contribution in [1.82, 2.24) is 15.0 Å². The molecule has 2 aromatic rings. The lowest BCUT2D eigenvalue weighted by atomic mass is 9.81. The van der Waals surface area contributed by atoms with E-state index in [2.05, 4.69) is 20.3 Å². The molecule has 0 bridgehead atoms. The summed E-state index contributed by atoms with van der Waals surface area (Å²) in [4.78, 5) is 28.7. The molecule has 2 amide bonds. The highest BCUT2D eigenvalue weighted by atomic mass is 32.2. The van der Waals surface area contributed by atoms with E-state index >= 15 is 0 Å². The fraction of sp³-hybridized carbons (Fsp3) is 0.480. The molecule has 9 heteroatoms. The molecule has 2 heterocycles. The molecule has 1 aromatic carbocycles. The van der Waals surface area contributed by atoms with Gasteiger partial charge in [0.1, 0.15) is 0 Å². The molecule has 3 N–H and O–H groups in total. The van der Waals surface area contributed by atoms with Crippen LogP contribution < -0.4 is 15.4 Å². The lowest BCUT2D eigenvalue weighted by molar-refractivity contribution is -0.126. The van der Waals surface area contributed by atoms with Gasteiger partial charge in [-0.25, -0.2) is 13.1 Å². The maximum absolute atomic E-state index is 12.9. The number of rotatable bonds is 8. The SMILES string of the molecule is O=C1CCCc2cc(S(=O)(=O)NCC3CCC(C(=O)NCCc4ccccn4)CC3)ccc2N1. The number of anilines is 1. The summed E-state index contributed by atoms with van der Waals surface area (Å²) in [5, 5.41) is 5.84. The first-order valence-electron chi connectivity index (χ1n) is 12.0. The molecule has 34 heavy (non-hydrogen) atoms. The standard InChI is InChI=1S/C25H32N4O4S/c30-24-6-3-4-20-16-22(11-12-23(20)29-24)34(32,33)28-17-18-7-9-19(10-8-18)25(31)27-15-13-21-5-1-2-14-26-21/h1-2,5,11-12,14,16,18-19,28H,3-4,6-10,13,15,17H2,(H,27,31)(H,29,30). The van der Waals surface area contributed by atoms with E-state index in [0.717, 1.165) is 36.9 Å². The van der Waals surface area contributed by atoms with E-state index in [-0.39, 0.29) is 28.5 Å². The van der Waals surface area contributed by atoms with Crippen molar-refractivity contribution in [3.05, 3.63) is 53.9 Å². The highest BCUT2D eigenvalue weighted by Gasteiger charge is 2.27. The van der Waals surface area contributed by atoms with Gasteiger partial charge in [0.25, 0.3) is 0 Å². The predicted octanol–water partition coefficient (Wildman–Crippen LogP) is 2.80. The van der Waals surface area contributed by atoms with Crippen LogP contribution in [-0.4, -0.2) is 38.3 Å². The Balaban J connectivity index is 1.22. The van der Waals surface area contributed by atoms with E-state index in [1.165, 1.54) is 0 Å². The Bertz CT molecular complexity index is 1110. The van der Waals surface area contributed by atoms with Crippen LogP contribution in [0.2, 0.25) is 0 Å². The third kappa shape index (κ3) is 6.42. The molecule has 1 aliphatic carbocycles. The number of benzene rings is 1. The van der Waals surface area contributed by atoms with Crippen LogP contribution in [-0.2, 0) is 32.5 Å². The molecule has 8 nitrogen and oxygen atoms in total. The molecule has 0 atom stereocenters. The molecular formula is C25H32N4O4S. The number of hydrogen-bond donors (Lipinski definition) is 3. The van der Waals surface area contributed by atoms with Gasteiger partial charge in [-0.15, -0.1) is 0 Å². The number of nitrogens with one attached hydrogen (secondary N) is 3. The second kappa shape index (κ2) is 11.1. The summed E-state index contributed by atoms with van der Waals surface area (Å²) in [5.41, 5.74) is 2.50. The first kappa shape index (κ1) is 24.3. The maximum Gasteiger partial charge on any atom is 0.240 e. The number of fused-ring (bicyclic) bond motifs is 1. The Hall–Kier alpha value is -2.78. The molecule has 1 aliphatic heterocycles. The van der Waals surface area contributed by atoms with Crippen LogP contribution >= 0.6 is 0 Å². The van der Waals surface area contributed by atoms with E-state index in [4.69, 9.17) is 0 Å². The molecular weight excluding hydrogens is 452 g/mol. The van der Waals surface area contributed by atoms with Gasteiger partial charge in [0.05, 0.1) is 4.90 Å². The smallest absolute Gasteiger partial charge is 0.240 e. The van der Waals surface area contributed by atoms with Crippen LogP contribution in [0.25, 0.3) is 0 Å². The molecule has 1 saturated carbocycles. The summed E-state index contributed by atoms with van der Waals surface area (Å²) >= 11 is 0. The molecule has 0 spiro atoms. The number of sulfonamides is 1. The van der Waals surface area contributed by atoms with E-state index in [1.807, 2.05) is 18.2 Å². The largest absolute Gasteiger partial charge is 0.355 e. The number of pyridine rings is 1. The Morgan fingerprint density at radius 1 is 1.09 bits per heavy atom. The lowest BCUT2D eigenvalue weighted by Crippen LogP contribution is -2.36. The molecule has 0 saturated heterocycles. The Morgan fingerprint density at radius 3 is 2.68 bits per heavy atom. The molecule has 2 aliphatic rings. The maximum atomic E-state index is 12.9. The van der Waals surface area contributed by atoms with Crippen molar-refractivity contribution in [1.29, 1.82) is 0 Å². The van der Waals surface area contributed by atoms with Gasteiger partial charge in [-0.3, -0.25) is 14.6 Å². The zero-order valence-corrected chi connectivity index (χ0v) is 20.1. The molecule has 0 unspecified atom stereocenters. The Kier molecular flexibility index (Phi) is 7.95. The van der Waals surface area contributed by atoms with Gasteiger partial charge in [-0.1, -0.05) is 6.07 Å². The lowest BCUT2D eigenvalue weighted by Gasteiger charge is -2.28. The van der Waals surface area contributed by atoms with Crippen molar-refractivity contribution in [3.63, 3.8) is 0 Å². The van der Waals surface area contributed by atoms with Gasteiger partial charge in [0.2, 0.25) is 21.8 Å². The first-order chi connectivity index (χ1) is 16.4. The van der Waals surface area contributed by atoms with Gasteiger partial charge in [0, 0.05) is 49.4 Å². The quantitative estimate of drug-likeness (QED) is 0.533. The van der Waals surface area contributed by atoms with E-state index in [1.54, 1.807) is 24.4 Å². The molecule has 1 aromatic heterocycles. The topological polar surface area (TPSA) is 117 Å². The predicted molar refractivity (Wildman–Crippen MR) is 130 cm³/mol. The second-order valence-electron chi connectivity index (χ2n) is 9.15. The summed E-state index contributed by atoms with van der Waals surface area (Å²) < 4.78 is 28.5. The first-order valence-corrected chi connectivity index (χ1v) is 13.5. The highest BCUT2D eigenvalue weighted by Crippen LogP contribution is 2.29. The van der Waals surface area contributed by atoms with Crippen LogP contribution in [0.15, 0.2) is 47.5 Å². The summed E-state index contributed by atoms with van der Waals surface area (Å²) in [7, 11) is -3.63. The van der Waals surface area contributed by atoms with E-state index < -0.39 is 10.0 Å². The average molecular weight is 485 g/mol. The van der Waals surface area contributed by atoms with Crippen LogP contribution in [0.5, 0.6) is 0 Å². The van der Waals surface area contributed by atoms with Crippen molar-refractivity contribution in [3.8, 4) is 0 Å². The van der Waals surface area contributed by atoms with Crippen molar-refractivity contribution < 1.29 is 18.0 Å². The number of carbonyl (C=O) groups is 2. The summed E-state index contributed by atoms with van der Waals surface area (Å²) in [6.45, 7) is 0.935. The number of hydrogen-bond acceptors (Lipinski definition) is 5. The van der Waals surface area contributed by atoms with Crippen molar-refractivity contribution >= 4 is 27.5 Å². The van der Waals surface area contributed by atoms with Gasteiger partial charge < -0.3 is 10.6 Å². The van der Waals surface area contributed by atoms with Crippen molar-refractivity contribution in [2.75, 3.05) is 18.4 Å². The fourth-order valence-electron chi connectivity index (χ4n) is 4.66. The third-order valence-corrected chi connectivity index (χ3v) is 8.12. The fourth-order valence-corrected chi connectivity index (χ4v) is 5.83. The minimum Gasteiger partial charge on any atom is -0.355 e. The van der Waals surface area contributed by atoms with Crippen LogP contribution in [0.3, 0.4) is 0 Å². The molecule has 4 rings (SSSR count). The van der Waals surface area contributed by atoms with E-state index in [0.29, 0.717) is 44.5 Å².